The summed E-state index contributed by atoms with van der Waals surface area (Å²) < 4.78 is 4.29. The number of fused-ring (bicyclic) bond motifs is 3. The zero-order valence-electron chi connectivity index (χ0n) is 13.9. The van der Waals surface area contributed by atoms with E-state index in [0.717, 1.165) is 19.4 Å². The van der Waals surface area contributed by atoms with Gasteiger partial charge in [-0.15, -0.1) is 21.5 Å². The Bertz CT molecular complexity index is 1070. The number of aromatic nitrogens is 3. The highest BCUT2D eigenvalue weighted by molar-refractivity contribution is 9.11. The average Bonchev–Trinajstić information content (AvgIpc) is 3.32. The maximum atomic E-state index is 12.7. The number of nitrogens with zero attached hydrogens (tertiary/aromatic N) is 4. The van der Waals surface area contributed by atoms with E-state index in [1.165, 1.54) is 21.3 Å². The van der Waals surface area contributed by atoms with Gasteiger partial charge in [0.2, 0.25) is 10.9 Å². The minimum atomic E-state index is 0.110. The van der Waals surface area contributed by atoms with Crippen LogP contribution in [0.5, 0.6) is 0 Å². The van der Waals surface area contributed by atoms with Crippen LogP contribution in [-0.2, 0) is 11.3 Å². The van der Waals surface area contributed by atoms with E-state index < -0.39 is 0 Å². The summed E-state index contributed by atoms with van der Waals surface area (Å²) in [5.41, 5.74) is 1.09. The maximum absolute atomic E-state index is 12.7. The number of carbonyl (C=O) groups excluding carboxylic acids is 1. The van der Waals surface area contributed by atoms with Gasteiger partial charge in [0.1, 0.15) is 0 Å². The van der Waals surface area contributed by atoms with Gasteiger partial charge in [-0.2, -0.15) is 0 Å². The van der Waals surface area contributed by atoms with Gasteiger partial charge in [-0.05, 0) is 47.1 Å². The van der Waals surface area contributed by atoms with Crippen molar-refractivity contribution in [2.45, 2.75) is 18.6 Å². The number of hydrogen-bond donors (Lipinski definition) is 0. The molecule has 3 heterocycles. The molecule has 0 N–H and O–H groups in total. The third-order valence-corrected chi connectivity index (χ3v) is 7.48. The third-order valence-electron chi connectivity index (χ3n) is 3.95. The van der Waals surface area contributed by atoms with Gasteiger partial charge in [-0.1, -0.05) is 35.2 Å². The molecule has 1 aromatic carbocycles. The topological polar surface area (TPSA) is 50.5 Å². The molecule has 9 heteroatoms. The van der Waals surface area contributed by atoms with Crippen molar-refractivity contribution < 1.29 is 4.79 Å². The molecular formula is C17H15BrN4OS3. The van der Waals surface area contributed by atoms with Gasteiger partial charge in [0, 0.05) is 11.4 Å². The molecule has 0 aliphatic heterocycles. The van der Waals surface area contributed by atoms with E-state index in [4.69, 9.17) is 0 Å². The first kappa shape index (κ1) is 18.0. The van der Waals surface area contributed by atoms with E-state index in [0.29, 0.717) is 18.8 Å². The van der Waals surface area contributed by atoms with Crippen LogP contribution in [0.1, 0.15) is 11.8 Å². The highest BCUT2D eigenvalue weighted by Gasteiger charge is 2.17. The van der Waals surface area contributed by atoms with Crippen molar-refractivity contribution in [3.8, 4) is 0 Å². The zero-order valence-corrected chi connectivity index (χ0v) is 17.9. The first-order valence-corrected chi connectivity index (χ1v) is 11.4. The number of amides is 1. The molecule has 0 aliphatic carbocycles. The number of halogens is 1. The number of thioether (sulfide) groups is 1. The van der Waals surface area contributed by atoms with Crippen LogP contribution in [0.2, 0.25) is 0 Å². The fourth-order valence-corrected chi connectivity index (χ4v) is 6.04. The summed E-state index contributed by atoms with van der Waals surface area (Å²) in [7, 11) is 0. The summed E-state index contributed by atoms with van der Waals surface area (Å²) in [6, 6.07) is 12.2. The molecule has 0 unspecified atom stereocenters. The van der Waals surface area contributed by atoms with Crippen molar-refractivity contribution in [3.63, 3.8) is 0 Å². The van der Waals surface area contributed by atoms with Crippen LogP contribution < -0.4 is 0 Å². The molecule has 4 rings (SSSR count). The Kier molecular flexibility index (Phi) is 5.30. The number of para-hydroxylation sites is 1. The van der Waals surface area contributed by atoms with Gasteiger partial charge in [-0.25, -0.2) is 0 Å². The largest absolute Gasteiger partial charge is 0.337 e. The summed E-state index contributed by atoms with van der Waals surface area (Å²) in [5.74, 6) is 0.462. The Balaban J connectivity index is 1.49. The van der Waals surface area contributed by atoms with E-state index in [-0.39, 0.29) is 5.91 Å². The standard InChI is InChI=1S/C17H15BrN4OS3/c1-2-21(9-11-7-8-14(18)25-11)15(23)10-24-16-19-20-17-22(16)12-5-3-4-6-13(12)26-17/h3-8H,2,9-10H2,1H3. The van der Waals surface area contributed by atoms with E-state index in [2.05, 4.69) is 44.3 Å². The third kappa shape index (κ3) is 3.53. The van der Waals surface area contributed by atoms with Crippen molar-refractivity contribution in [1.29, 1.82) is 0 Å². The number of rotatable bonds is 6. The van der Waals surface area contributed by atoms with Gasteiger partial charge in [0.15, 0.2) is 5.16 Å². The molecule has 0 saturated carbocycles. The summed E-state index contributed by atoms with van der Waals surface area (Å²) >= 11 is 8.18. The lowest BCUT2D eigenvalue weighted by molar-refractivity contribution is -0.128. The van der Waals surface area contributed by atoms with Crippen molar-refractivity contribution in [2.24, 2.45) is 0 Å². The molecule has 0 bridgehead atoms. The fourth-order valence-electron chi connectivity index (χ4n) is 2.67. The summed E-state index contributed by atoms with van der Waals surface area (Å²) in [6.07, 6.45) is 0. The second-order valence-corrected chi connectivity index (χ2v) is 10.1. The van der Waals surface area contributed by atoms with Gasteiger partial charge >= 0.3 is 0 Å². The zero-order chi connectivity index (χ0) is 18.1. The molecule has 4 aromatic rings. The molecule has 134 valence electrons. The molecular weight excluding hydrogens is 452 g/mol. The highest BCUT2D eigenvalue weighted by atomic mass is 79.9. The van der Waals surface area contributed by atoms with Gasteiger partial charge in [-0.3, -0.25) is 9.20 Å². The van der Waals surface area contributed by atoms with Gasteiger partial charge in [0.05, 0.1) is 26.3 Å². The number of benzene rings is 1. The Labute approximate surface area is 171 Å². The molecule has 5 nitrogen and oxygen atoms in total. The van der Waals surface area contributed by atoms with E-state index in [1.54, 1.807) is 22.7 Å². The monoisotopic (exact) mass is 466 g/mol. The van der Waals surface area contributed by atoms with Crippen molar-refractivity contribution in [2.75, 3.05) is 12.3 Å². The molecule has 0 radical (unpaired) electrons. The fraction of sp³-hybridized carbons (Fsp3) is 0.235. The first-order chi connectivity index (χ1) is 12.7. The van der Waals surface area contributed by atoms with E-state index in [1.807, 2.05) is 34.4 Å². The maximum Gasteiger partial charge on any atom is 0.233 e. The van der Waals surface area contributed by atoms with Gasteiger partial charge < -0.3 is 4.90 Å². The Morgan fingerprint density at radius 3 is 2.85 bits per heavy atom. The number of carbonyl (C=O) groups is 1. The molecule has 0 atom stereocenters. The van der Waals surface area contributed by atoms with E-state index in [9.17, 15) is 4.79 Å². The van der Waals surface area contributed by atoms with Crippen LogP contribution in [0.3, 0.4) is 0 Å². The molecule has 0 spiro atoms. The second kappa shape index (κ2) is 7.67. The summed E-state index contributed by atoms with van der Waals surface area (Å²) in [4.78, 5) is 16.6. The summed E-state index contributed by atoms with van der Waals surface area (Å²) in [6.45, 7) is 3.33. The second-order valence-electron chi connectivity index (χ2n) is 5.57. The average molecular weight is 467 g/mol. The van der Waals surface area contributed by atoms with E-state index >= 15 is 0 Å². The number of hydrogen-bond acceptors (Lipinski definition) is 6. The van der Waals surface area contributed by atoms with Crippen LogP contribution in [0, 0.1) is 0 Å². The number of thiazole rings is 1. The van der Waals surface area contributed by atoms with Crippen molar-refractivity contribution >= 4 is 71.5 Å². The highest BCUT2D eigenvalue weighted by Crippen LogP contribution is 2.29. The Hall–Kier alpha value is -1.42. The minimum absolute atomic E-state index is 0.110. The van der Waals surface area contributed by atoms with Crippen LogP contribution in [0.15, 0.2) is 45.3 Å². The van der Waals surface area contributed by atoms with Crippen LogP contribution in [0.4, 0.5) is 0 Å². The minimum Gasteiger partial charge on any atom is -0.337 e. The van der Waals surface area contributed by atoms with Gasteiger partial charge in [0.25, 0.3) is 0 Å². The van der Waals surface area contributed by atoms with Crippen LogP contribution in [-0.4, -0.2) is 37.7 Å². The lowest BCUT2D eigenvalue weighted by Gasteiger charge is -2.19. The Morgan fingerprint density at radius 2 is 2.08 bits per heavy atom. The van der Waals surface area contributed by atoms with Crippen molar-refractivity contribution in [1.82, 2.24) is 19.5 Å². The molecule has 3 aromatic heterocycles. The number of thiophene rings is 1. The predicted octanol–water partition coefficient (Wildman–Crippen LogP) is 4.91. The lowest BCUT2D eigenvalue weighted by Crippen LogP contribution is -2.31. The normalized spacial score (nSPS) is 11.5. The molecule has 1 amide bonds. The predicted molar refractivity (Wildman–Crippen MR) is 112 cm³/mol. The molecule has 0 saturated heterocycles. The lowest BCUT2D eigenvalue weighted by atomic mass is 10.3. The summed E-state index contributed by atoms with van der Waals surface area (Å²) in [5, 5.41) is 9.28. The first-order valence-electron chi connectivity index (χ1n) is 8.03. The Morgan fingerprint density at radius 1 is 1.23 bits per heavy atom. The smallest absolute Gasteiger partial charge is 0.233 e. The molecule has 26 heavy (non-hydrogen) atoms. The van der Waals surface area contributed by atoms with Crippen LogP contribution in [0.25, 0.3) is 15.2 Å². The molecule has 0 aliphatic rings. The molecule has 0 fully saturated rings. The SMILES string of the molecule is CCN(Cc1ccc(Br)s1)C(=O)CSc1nnc2sc3ccccc3n12. The quantitative estimate of drug-likeness (QED) is 0.378. The van der Waals surface area contributed by atoms with Crippen LogP contribution >= 0.6 is 50.4 Å². The van der Waals surface area contributed by atoms with Crippen molar-refractivity contribution in [3.05, 3.63) is 45.1 Å².